The van der Waals surface area contributed by atoms with Crippen LogP contribution < -0.4 is 15.8 Å². The summed E-state index contributed by atoms with van der Waals surface area (Å²) in [6, 6.07) is 13.2. The first-order valence-electron chi connectivity index (χ1n) is 8.04. The Labute approximate surface area is 153 Å². The smallest absolute Gasteiger partial charge is 0.315 e. The first-order chi connectivity index (χ1) is 12.3. The van der Waals surface area contributed by atoms with Crippen LogP contribution in [0.1, 0.15) is 29.7 Å². The summed E-state index contributed by atoms with van der Waals surface area (Å²) in [6.45, 7) is 2.67. The lowest BCUT2D eigenvalue weighted by atomic mass is 10.1. The molecule has 2 aromatic rings. The Hall–Kier alpha value is -2.42. The number of hydrogen-bond acceptors (Lipinski definition) is 4. The summed E-state index contributed by atoms with van der Waals surface area (Å²) < 4.78 is 27.7. The van der Waals surface area contributed by atoms with Crippen LogP contribution >= 0.6 is 0 Å². The lowest BCUT2D eigenvalue weighted by Crippen LogP contribution is -2.36. The van der Waals surface area contributed by atoms with Crippen LogP contribution in [0.3, 0.4) is 0 Å². The molecule has 2 aromatic carbocycles. The van der Waals surface area contributed by atoms with Crippen LogP contribution in [0, 0.1) is 0 Å². The summed E-state index contributed by atoms with van der Waals surface area (Å²) in [5.41, 5.74) is 2.77. The average molecular weight is 377 g/mol. The second kappa shape index (κ2) is 8.79. The summed E-state index contributed by atoms with van der Waals surface area (Å²) in [5.74, 6) is 0. The summed E-state index contributed by atoms with van der Waals surface area (Å²) in [7, 11) is -2.10. The van der Waals surface area contributed by atoms with Gasteiger partial charge < -0.3 is 15.4 Å². The monoisotopic (exact) mass is 377 g/mol. The van der Waals surface area contributed by atoms with Gasteiger partial charge in [0.1, 0.15) is 0 Å². The number of benzene rings is 2. The molecule has 0 saturated carbocycles. The number of carbonyl (C=O) groups excluding carboxylic acids is 1. The van der Waals surface area contributed by atoms with E-state index in [2.05, 4.69) is 10.6 Å². The number of primary sulfonamides is 1. The van der Waals surface area contributed by atoms with Crippen molar-refractivity contribution < 1.29 is 17.9 Å². The van der Waals surface area contributed by atoms with E-state index in [1.807, 2.05) is 31.2 Å². The predicted molar refractivity (Wildman–Crippen MR) is 98.8 cm³/mol. The van der Waals surface area contributed by atoms with Crippen LogP contribution in [0.25, 0.3) is 0 Å². The van der Waals surface area contributed by atoms with Gasteiger partial charge in [0.25, 0.3) is 0 Å². The quantitative estimate of drug-likeness (QED) is 0.686. The highest BCUT2D eigenvalue weighted by Gasteiger charge is 2.12. The van der Waals surface area contributed by atoms with E-state index in [4.69, 9.17) is 9.88 Å². The van der Waals surface area contributed by atoms with E-state index in [1.165, 1.54) is 12.1 Å². The van der Waals surface area contributed by atoms with E-state index in [0.717, 1.165) is 16.7 Å². The third kappa shape index (κ3) is 5.55. The summed E-state index contributed by atoms with van der Waals surface area (Å²) in [5, 5.41) is 10.7. The van der Waals surface area contributed by atoms with Crippen LogP contribution in [0.15, 0.2) is 53.4 Å². The Morgan fingerprint density at radius 1 is 1.12 bits per heavy atom. The number of hydrogen-bond donors (Lipinski definition) is 3. The van der Waals surface area contributed by atoms with Crippen molar-refractivity contribution in [2.75, 3.05) is 7.11 Å². The summed E-state index contributed by atoms with van der Waals surface area (Å²) in [4.78, 5) is 12.2. The minimum absolute atomic E-state index is 0.0349. The molecule has 2 rings (SSSR count). The second-order valence-corrected chi connectivity index (χ2v) is 7.43. The van der Waals surface area contributed by atoms with E-state index in [1.54, 1.807) is 19.2 Å². The average Bonchev–Trinajstić information content (AvgIpc) is 2.60. The summed E-state index contributed by atoms with van der Waals surface area (Å²) in [6.07, 6.45) is 0. The molecule has 140 valence electrons. The van der Waals surface area contributed by atoms with Crippen LogP contribution in [0.4, 0.5) is 4.79 Å². The van der Waals surface area contributed by atoms with Gasteiger partial charge in [0.05, 0.1) is 17.5 Å². The molecule has 0 bridgehead atoms. The molecule has 1 atom stereocenters. The normalized spacial score (nSPS) is 12.4. The number of urea groups is 1. The fraction of sp³-hybridized carbons (Fsp3) is 0.278. The minimum atomic E-state index is -3.73. The van der Waals surface area contributed by atoms with E-state index in [0.29, 0.717) is 13.2 Å². The molecular weight excluding hydrogens is 354 g/mol. The molecular formula is C18H23N3O4S. The molecule has 0 saturated heterocycles. The number of amides is 2. The lowest BCUT2D eigenvalue weighted by molar-refractivity contribution is 0.184. The van der Waals surface area contributed by atoms with Gasteiger partial charge in [-0.3, -0.25) is 0 Å². The number of carbonyl (C=O) groups is 1. The van der Waals surface area contributed by atoms with Gasteiger partial charge in [-0.1, -0.05) is 36.4 Å². The molecule has 7 nitrogen and oxygen atoms in total. The molecule has 4 N–H and O–H groups in total. The van der Waals surface area contributed by atoms with Crippen molar-refractivity contribution in [3.05, 3.63) is 65.2 Å². The maximum Gasteiger partial charge on any atom is 0.315 e. The summed E-state index contributed by atoms with van der Waals surface area (Å²) >= 11 is 0. The van der Waals surface area contributed by atoms with Crippen molar-refractivity contribution in [3.63, 3.8) is 0 Å². The van der Waals surface area contributed by atoms with Gasteiger partial charge >= 0.3 is 6.03 Å². The Morgan fingerprint density at radius 2 is 1.73 bits per heavy atom. The van der Waals surface area contributed by atoms with Gasteiger partial charge in [-0.05, 0) is 35.7 Å². The van der Waals surface area contributed by atoms with Crippen molar-refractivity contribution in [1.29, 1.82) is 0 Å². The zero-order valence-electron chi connectivity index (χ0n) is 14.7. The molecule has 2 amide bonds. The Kier molecular flexibility index (Phi) is 6.73. The van der Waals surface area contributed by atoms with Gasteiger partial charge in [0.15, 0.2) is 0 Å². The molecule has 0 fully saturated rings. The highest BCUT2D eigenvalue weighted by molar-refractivity contribution is 7.89. The van der Waals surface area contributed by atoms with E-state index in [-0.39, 0.29) is 17.0 Å². The van der Waals surface area contributed by atoms with Crippen molar-refractivity contribution >= 4 is 16.1 Å². The molecule has 0 aliphatic rings. The van der Waals surface area contributed by atoms with Crippen molar-refractivity contribution in [2.45, 2.75) is 31.0 Å². The van der Waals surface area contributed by atoms with Crippen LogP contribution in [-0.2, 0) is 27.9 Å². The molecule has 26 heavy (non-hydrogen) atoms. The maximum absolute atomic E-state index is 12.1. The van der Waals surface area contributed by atoms with Crippen LogP contribution in [0.2, 0.25) is 0 Å². The van der Waals surface area contributed by atoms with Gasteiger partial charge in [-0.15, -0.1) is 0 Å². The maximum atomic E-state index is 12.1. The lowest BCUT2D eigenvalue weighted by Gasteiger charge is -2.16. The minimum Gasteiger partial charge on any atom is -0.380 e. The highest BCUT2D eigenvalue weighted by Crippen LogP contribution is 2.15. The third-order valence-corrected chi connectivity index (χ3v) is 4.84. The Bertz CT molecular complexity index is 851. The number of nitrogens with one attached hydrogen (secondary N) is 2. The molecule has 0 radical (unpaired) electrons. The molecule has 0 aliphatic heterocycles. The van der Waals surface area contributed by atoms with E-state index >= 15 is 0 Å². The van der Waals surface area contributed by atoms with Crippen molar-refractivity contribution in [3.8, 4) is 0 Å². The molecule has 0 unspecified atom stereocenters. The molecule has 0 aromatic heterocycles. The van der Waals surface area contributed by atoms with E-state index in [9.17, 15) is 13.2 Å². The number of ether oxygens (including phenoxy) is 1. The third-order valence-electron chi connectivity index (χ3n) is 3.91. The highest BCUT2D eigenvalue weighted by atomic mass is 32.2. The fourth-order valence-electron chi connectivity index (χ4n) is 2.48. The van der Waals surface area contributed by atoms with Gasteiger partial charge in [0, 0.05) is 13.7 Å². The first-order valence-corrected chi connectivity index (χ1v) is 9.58. The van der Waals surface area contributed by atoms with Crippen LogP contribution in [0.5, 0.6) is 0 Å². The van der Waals surface area contributed by atoms with E-state index < -0.39 is 10.0 Å². The van der Waals surface area contributed by atoms with Gasteiger partial charge in [-0.2, -0.15) is 0 Å². The number of rotatable bonds is 7. The predicted octanol–water partition coefficient (Wildman–Crippen LogP) is 2.04. The van der Waals surface area contributed by atoms with Gasteiger partial charge in [-0.25, -0.2) is 18.4 Å². The molecule has 0 heterocycles. The number of nitrogens with two attached hydrogens (primary N) is 1. The zero-order chi connectivity index (χ0) is 19.2. The first kappa shape index (κ1) is 19.9. The zero-order valence-corrected chi connectivity index (χ0v) is 15.5. The number of sulfonamides is 1. The molecule has 8 heteroatoms. The van der Waals surface area contributed by atoms with Crippen molar-refractivity contribution in [2.24, 2.45) is 5.14 Å². The topological polar surface area (TPSA) is 111 Å². The molecule has 0 aliphatic carbocycles. The standard InChI is InChI=1S/C18H23N3O4S/c1-13(14-7-9-17(10-8-14)26(19,23)24)21-18(22)20-11-15-5-3-4-6-16(15)12-25-2/h3-10,13H,11-12H2,1-2H3,(H2,19,23,24)(H2,20,21,22)/t13-/m1/s1. The SMILES string of the molecule is COCc1ccccc1CNC(=O)N[C@H](C)c1ccc(S(N)(=O)=O)cc1. The number of methoxy groups -OCH3 is 1. The largest absolute Gasteiger partial charge is 0.380 e. The second-order valence-electron chi connectivity index (χ2n) is 5.86. The Morgan fingerprint density at radius 3 is 2.31 bits per heavy atom. The van der Waals surface area contributed by atoms with Gasteiger partial charge in [0.2, 0.25) is 10.0 Å². The fourth-order valence-corrected chi connectivity index (χ4v) is 2.99. The van der Waals surface area contributed by atoms with Crippen LogP contribution in [-0.4, -0.2) is 21.6 Å². The Balaban J connectivity index is 1.93. The molecule has 0 spiro atoms. The van der Waals surface area contributed by atoms with Crippen molar-refractivity contribution in [1.82, 2.24) is 10.6 Å².